The Kier molecular flexibility index (Phi) is 3.89. The zero-order valence-corrected chi connectivity index (χ0v) is 11.8. The van der Waals surface area contributed by atoms with Crippen molar-refractivity contribution < 1.29 is 4.74 Å². The molecule has 0 unspecified atom stereocenters. The van der Waals surface area contributed by atoms with Gasteiger partial charge >= 0.3 is 0 Å². The van der Waals surface area contributed by atoms with E-state index in [1.54, 1.807) is 13.2 Å². The van der Waals surface area contributed by atoms with Crippen molar-refractivity contribution in [2.45, 2.75) is 13.8 Å². The lowest BCUT2D eigenvalue weighted by Gasteiger charge is -2.06. The summed E-state index contributed by atoms with van der Waals surface area (Å²) in [6.45, 7) is 3.89. The first-order chi connectivity index (χ1) is 9.51. The molecule has 5 nitrogen and oxygen atoms in total. The molecule has 0 fully saturated rings. The summed E-state index contributed by atoms with van der Waals surface area (Å²) in [4.78, 5) is 0. The molecule has 0 spiro atoms. The Morgan fingerprint density at radius 2 is 1.60 bits per heavy atom. The van der Waals surface area contributed by atoms with Crippen LogP contribution in [0.1, 0.15) is 11.1 Å². The van der Waals surface area contributed by atoms with E-state index in [4.69, 9.17) is 16.2 Å². The largest absolute Gasteiger partial charge is 0.494 e. The highest BCUT2D eigenvalue weighted by Crippen LogP contribution is 2.32. The van der Waals surface area contributed by atoms with Crippen molar-refractivity contribution in [1.29, 1.82) is 0 Å². The van der Waals surface area contributed by atoms with E-state index < -0.39 is 0 Å². The number of nitrogens with two attached hydrogens (primary N) is 2. The predicted octanol–water partition coefficient (Wildman–Crippen LogP) is 3.89. The van der Waals surface area contributed by atoms with Gasteiger partial charge in [-0.1, -0.05) is 6.07 Å². The van der Waals surface area contributed by atoms with E-state index in [0.717, 1.165) is 11.1 Å². The number of ether oxygens (including phenoxy) is 1. The van der Waals surface area contributed by atoms with Crippen LogP contribution in [0.4, 0.5) is 22.7 Å². The van der Waals surface area contributed by atoms with Gasteiger partial charge in [0.25, 0.3) is 0 Å². The van der Waals surface area contributed by atoms with Crippen molar-refractivity contribution in [1.82, 2.24) is 0 Å². The van der Waals surface area contributed by atoms with Gasteiger partial charge in [0.15, 0.2) is 0 Å². The minimum Gasteiger partial charge on any atom is -0.494 e. The summed E-state index contributed by atoms with van der Waals surface area (Å²) in [7, 11) is 1.61. The minimum absolute atomic E-state index is 0.503. The molecule has 2 rings (SSSR count). The van der Waals surface area contributed by atoms with Crippen molar-refractivity contribution in [3.63, 3.8) is 0 Å². The van der Waals surface area contributed by atoms with E-state index in [-0.39, 0.29) is 0 Å². The Morgan fingerprint density at radius 3 is 2.30 bits per heavy atom. The van der Waals surface area contributed by atoms with E-state index in [1.807, 2.05) is 38.1 Å². The lowest BCUT2D eigenvalue weighted by atomic mass is 10.1. The molecule has 0 aliphatic carbocycles. The number of methoxy groups -OCH3 is 1. The molecule has 0 saturated carbocycles. The molecule has 0 amide bonds. The van der Waals surface area contributed by atoms with Crippen LogP contribution in [-0.4, -0.2) is 7.11 Å². The van der Waals surface area contributed by atoms with E-state index >= 15 is 0 Å². The molecule has 0 radical (unpaired) electrons. The molecule has 2 aromatic carbocycles. The van der Waals surface area contributed by atoms with Gasteiger partial charge in [0.1, 0.15) is 17.1 Å². The lowest BCUT2D eigenvalue weighted by Crippen LogP contribution is -1.93. The average Bonchev–Trinajstić information content (AvgIpc) is 2.42. The summed E-state index contributed by atoms with van der Waals surface area (Å²) in [6, 6.07) is 9.23. The molecule has 20 heavy (non-hydrogen) atoms. The van der Waals surface area contributed by atoms with Crippen molar-refractivity contribution in [2.24, 2.45) is 10.2 Å². The molecule has 0 bridgehead atoms. The summed E-state index contributed by atoms with van der Waals surface area (Å²) >= 11 is 0. The van der Waals surface area contributed by atoms with Gasteiger partial charge in [-0.25, -0.2) is 0 Å². The summed E-state index contributed by atoms with van der Waals surface area (Å²) in [6.07, 6.45) is 0. The molecule has 0 aliphatic rings. The third kappa shape index (κ3) is 2.88. The Bertz CT molecular complexity index is 665. The first-order valence-corrected chi connectivity index (χ1v) is 6.23. The van der Waals surface area contributed by atoms with Crippen LogP contribution in [0, 0.1) is 13.8 Å². The fourth-order valence-corrected chi connectivity index (χ4v) is 1.79. The molecule has 0 aliphatic heterocycles. The lowest BCUT2D eigenvalue weighted by molar-refractivity contribution is 0.415. The second-order valence-corrected chi connectivity index (χ2v) is 4.64. The van der Waals surface area contributed by atoms with Gasteiger partial charge in [-0.2, -0.15) is 0 Å². The smallest absolute Gasteiger partial charge is 0.146 e. The maximum Gasteiger partial charge on any atom is 0.146 e. The molecule has 0 aromatic heterocycles. The van der Waals surface area contributed by atoms with Crippen LogP contribution < -0.4 is 16.2 Å². The van der Waals surface area contributed by atoms with Crippen molar-refractivity contribution in [2.75, 3.05) is 18.6 Å². The van der Waals surface area contributed by atoms with Gasteiger partial charge < -0.3 is 16.2 Å². The van der Waals surface area contributed by atoms with Crippen LogP contribution in [-0.2, 0) is 0 Å². The first-order valence-electron chi connectivity index (χ1n) is 6.23. The maximum atomic E-state index is 5.88. The third-order valence-corrected chi connectivity index (χ3v) is 3.02. The Morgan fingerprint density at radius 1 is 0.900 bits per heavy atom. The molecule has 5 heteroatoms. The third-order valence-electron chi connectivity index (χ3n) is 3.02. The Balaban J connectivity index is 2.37. The Hall–Kier alpha value is -2.56. The zero-order chi connectivity index (χ0) is 14.7. The number of nitrogens with zero attached hydrogens (tertiary/aromatic N) is 2. The predicted molar refractivity (Wildman–Crippen MR) is 81.9 cm³/mol. The molecule has 0 atom stereocenters. The molecule has 0 heterocycles. The molecule has 0 saturated heterocycles. The quantitative estimate of drug-likeness (QED) is 0.655. The molecule has 104 valence electrons. The number of rotatable bonds is 3. The highest BCUT2D eigenvalue weighted by molar-refractivity contribution is 5.70. The van der Waals surface area contributed by atoms with Crippen LogP contribution in [0.5, 0.6) is 5.75 Å². The van der Waals surface area contributed by atoms with Crippen LogP contribution in [0.15, 0.2) is 40.6 Å². The van der Waals surface area contributed by atoms with Gasteiger partial charge in [-0.05, 0) is 49.2 Å². The van der Waals surface area contributed by atoms with Gasteiger partial charge in [-0.3, -0.25) is 0 Å². The van der Waals surface area contributed by atoms with Crippen molar-refractivity contribution in [3.8, 4) is 5.75 Å². The molecule has 4 N–H and O–H groups in total. The normalized spacial score (nSPS) is 10.9. The number of hydrogen-bond donors (Lipinski definition) is 2. The summed E-state index contributed by atoms with van der Waals surface area (Å²) in [5.41, 5.74) is 16.1. The SMILES string of the molecule is COc1cc(C)ccc1N=Nc1cc(C)c(N)cc1N. The minimum atomic E-state index is 0.503. The fourth-order valence-electron chi connectivity index (χ4n) is 1.79. The number of azo groups is 1. The van der Waals surface area contributed by atoms with Gasteiger partial charge in [-0.15, -0.1) is 10.2 Å². The summed E-state index contributed by atoms with van der Waals surface area (Å²) < 4.78 is 5.28. The van der Waals surface area contributed by atoms with Crippen LogP contribution in [0.2, 0.25) is 0 Å². The maximum absolute atomic E-state index is 5.88. The topological polar surface area (TPSA) is 86.0 Å². The second-order valence-electron chi connectivity index (χ2n) is 4.64. The highest BCUT2D eigenvalue weighted by atomic mass is 16.5. The number of aryl methyl sites for hydroxylation is 2. The van der Waals surface area contributed by atoms with Crippen molar-refractivity contribution in [3.05, 3.63) is 41.5 Å². The molecular formula is C15H18N4O. The van der Waals surface area contributed by atoms with E-state index in [9.17, 15) is 0 Å². The summed E-state index contributed by atoms with van der Waals surface area (Å²) in [5, 5.41) is 8.38. The van der Waals surface area contributed by atoms with Crippen molar-refractivity contribution >= 4 is 22.7 Å². The second kappa shape index (κ2) is 5.61. The zero-order valence-electron chi connectivity index (χ0n) is 11.8. The van der Waals surface area contributed by atoms with Gasteiger partial charge in [0.2, 0.25) is 0 Å². The van der Waals surface area contributed by atoms with E-state index in [2.05, 4.69) is 10.2 Å². The number of benzene rings is 2. The van der Waals surface area contributed by atoms with Crippen LogP contribution in [0.3, 0.4) is 0 Å². The van der Waals surface area contributed by atoms with E-state index in [1.165, 1.54) is 0 Å². The fraction of sp³-hybridized carbons (Fsp3) is 0.200. The number of nitrogen functional groups attached to an aromatic ring is 2. The first kappa shape index (κ1) is 13.9. The monoisotopic (exact) mass is 270 g/mol. The number of anilines is 2. The van der Waals surface area contributed by atoms with Gasteiger partial charge in [0.05, 0.1) is 12.8 Å². The Labute approximate surface area is 118 Å². The molecule has 2 aromatic rings. The average molecular weight is 270 g/mol. The number of hydrogen-bond acceptors (Lipinski definition) is 5. The highest BCUT2D eigenvalue weighted by Gasteiger charge is 2.04. The van der Waals surface area contributed by atoms with Crippen LogP contribution in [0.25, 0.3) is 0 Å². The van der Waals surface area contributed by atoms with E-state index in [0.29, 0.717) is 28.5 Å². The van der Waals surface area contributed by atoms with Gasteiger partial charge in [0, 0.05) is 5.69 Å². The van der Waals surface area contributed by atoms with Crippen LogP contribution >= 0.6 is 0 Å². The molecular weight excluding hydrogens is 252 g/mol. The summed E-state index contributed by atoms with van der Waals surface area (Å²) in [5.74, 6) is 0.680. The standard InChI is InChI=1S/C15H18N4O/c1-9-4-5-13(15(6-9)20-3)18-19-14-7-10(2)11(16)8-12(14)17/h4-8H,16-17H2,1-3H3.